The first-order chi connectivity index (χ1) is 16.8. The van der Waals surface area contributed by atoms with E-state index in [0.29, 0.717) is 10.7 Å². The molecule has 13 heteroatoms. The zero-order chi connectivity index (χ0) is 26.8. The van der Waals surface area contributed by atoms with Crippen LogP contribution in [-0.2, 0) is 20.0 Å². The van der Waals surface area contributed by atoms with E-state index < -0.39 is 26.0 Å². The lowest BCUT2D eigenvalue weighted by Gasteiger charge is -2.21. The molecule has 0 unspecified atom stereocenters. The van der Waals surface area contributed by atoms with Crippen molar-refractivity contribution in [1.29, 1.82) is 0 Å². The van der Waals surface area contributed by atoms with E-state index in [-0.39, 0.29) is 31.8 Å². The van der Waals surface area contributed by atoms with Gasteiger partial charge in [0, 0.05) is 31.7 Å². The molecule has 0 aliphatic carbocycles. The number of ether oxygens (including phenoxy) is 1. The summed E-state index contributed by atoms with van der Waals surface area (Å²) in [5.41, 5.74) is 0.405. The average molecular weight is 572 g/mol. The van der Waals surface area contributed by atoms with Gasteiger partial charge in [-0.1, -0.05) is 23.2 Å². The third-order valence-corrected chi connectivity index (χ3v) is 9.55. The Morgan fingerprint density at radius 2 is 1.50 bits per heavy atom. The first-order valence-electron chi connectivity index (χ1n) is 10.2. The number of rotatable bonds is 8. The fourth-order valence-corrected chi connectivity index (χ4v) is 5.88. The number of halogens is 2. The number of nitrogens with one attached hydrogen (secondary N) is 1. The number of anilines is 2. The monoisotopic (exact) mass is 571 g/mol. The maximum absolute atomic E-state index is 13.3. The summed E-state index contributed by atoms with van der Waals surface area (Å²) in [6, 6.07) is 14.0. The maximum Gasteiger partial charge on any atom is 0.265 e. The summed E-state index contributed by atoms with van der Waals surface area (Å²) in [4.78, 5) is 12.7. The Morgan fingerprint density at radius 3 is 2.08 bits per heavy atom. The minimum atomic E-state index is -4.14. The SMILES string of the molecule is COc1ccc(S(=O)(=O)N(C)C)cc1NC(=O)c1ccc(Cl)c(S(=O)(=O)N(C)c2ccc(Cl)cc2)c1. The smallest absolute Gasteiger partial charge is 0.265 e. The zero-order valence-electron chi connectivity index (χ0n) is 19.7. The van der Waals surface area contributed by atoms with Gasteiger partial charge in [-0.2, -0.15) is 0 Å². The summed E-state index contributed by atoms with van der Waals surface area (Å²) < 4.78 is 58.9. The standard InChI is InChI=1S/C23H23Cl2N3O6S2/c1-27(2)35(30,31)18-10-12-21(34-4)20(14-18)26-23(29)15-5-11-19(25)22(13-15)36(32,33)28(3)17-8-6-16(24)7-9-17/h5-14H,1-4H3,(H,26,29). The number of hydrogen-bond acceptors (Lipinski definition) is 6. The van der Waals surface area contributed by atoms with Crippen molar-refractivity contribution in [1.82, 2.24) is 4.31 Å². The molecule has 0 saturated heterocycles. The van der Waals surface area contributed by atoms with Crippen LogP contribution >= 0.6 is 23.2 Å². The van der Waals surface area contributed by atoms with Crippen LogP contribution in [0.15, 0.2) is 70.5 Å². The molecule has 0 fully saturated rings. The van der Waals surface area contributed by atoms with Gasteiger partial charge in [-0.15, -0.1) is 0 Å². The molecule has 0 bridgehead atoms. The lowest BCUT2D eigenvalue weighted by atomic mass is 10.2. The molecule has 3 aromatic carbocycles. The van der Waals surface area contributed by atoms with Crippen LogP contribution in [0.2, 0.25) is 10.0 Å². The van der Waals surface area contributed by atoms with Gasteiger partial charge < -0.3 is 10.1 Å². The van der Waals surface area contributed by atoms with Crippen molar-refractivity contribution < 1.29 is 26.4 Å². The third kappa shape index (κ3) is 5.60. The Balaban J connectivity index is 1.98. The summed E-state index contributed by atoms with van der Waals surface area (Å²) in [5, 5.41) is 2.95. The number of amides is 1. The van der Waals surface area contributed by atoms with Crippen LogP contribution in [0.5, 0.6) is 5.75 Å². The van der Waals surface area contributed by atoms with E-state index in [4.69, 9.17) is 27.9 Å². The molecule has 192 valence electrons. The van der Waals surface area contributed by atoms with Gasteiger partial charge in [0.15, 0.2) is 0 Å². The van der Waals surface area contributed by atoms with Crippen molar-refractivity contribution in [2.24, 2.45) is 0 Å². The van der Waals surface area contributed by atoms with Gasteiger partial charge in [0.1, 0.15) is 10.6 Å². The molecule has 3 aromatic rings. The molecule has 0 spiro atoms. The van der Waals surface area contributed by atoms with Gasteiger partial charge in [-0.25, -0.2) is 21.1 Å². The normalized spacial score (nSPS) is 11.9. The second kappa shape index (κ2) is 10.7. The van der Waals surface area contributed by atoms with E-state index in [0.717, 1.165) is 14.7 Å². The van der Waals surface area contributed by atoms with E-state index in [2.05, 4.69) is 5.32 Å². The number of carbonyl (C=O) groups excluding carboxylic acids is 1. The van der Waals surface area contributed by atoms with Crippen molar-refractivity contribution >= 4 is 60.5 Å². The van der Waals surface area contributed by atoms with E-state index in [1.165, 1.54) is 70.7 Å². The minimum Gasteiger partial charge on any atom is -0.495 e. The molecule has 1 N–H and O–H groups in total. The van der Waals surface area contributed by atoms with E-state index in [9.17, 15) is 21.6 Å². The molecule has 0 aromatic heterocycles. The molecule has 36 heavy (non-hydrogen) atoms. The van der Waals surface area contributed by atoms with Crippen molar-refractivity contribution in [3.8, 4) is 5.75 Å². The molecule has 0 aliphatic rings. The first-order valence-corrected chi connectivity index (χ1v) is 13.9. The highest BCUT2D eigenvalue weighted by Gasteiger charge is 2.26. The van der Waals surface area contributed by atoms with E-state index >= 15 is 0 Å². The van der Waals surface area contributed by atoms with Crippen LogP contribution in [0.3, 0.4) is 0 Å². The van der Waals surface area contributed by atoms with Crippen molar-refractivity contribution in [2.45, 2.75) is 9.79 Å². The van der Waals surface area contributed by atoms with Crippen LogP contribution in [0, 0.1) is 0 Å². The van der Waals surface area contributed by atoms with Gasteiger partial charge in [-0.3, -0.25) is 9.10 Å². The summed E-state index contributed by atoms with van der Waals surface area (Å²) in [6.07, 6.45) is 0. The number of sulfonamides is 2. The maximum atomic E-state index is 13.3. The summed E-state index contributed by atoms with van der Waals surface area (Å²) in [7, 11) is -2.44. The van der Waals surface area contributed by atoms with Gasteiger partial charge in [-0.05, 0) is 60.7 Å². The Kier molecular flexibility index (Phi) is 8.21. The first kappa shape index (κ1) is 27.8. The lowest BCUT2D eigenvalue weighted by molar-refractivity contribution is 0.102. The van der Waals surface area contributed by atoms with Crippen LogP contribution in [0.4, 0.5) is 11.4 Å². The summed E-state index contributed by atoms with van der Waals surface area (Å²) in [6.45, 7) is 0. The van der Waals surface area contributed by atoms with E-state index in [1.807, 2.05) is 0 Å². The van der Waals surface area contributed by atoms with Crippen LogP contribution in [0.1, 0.15) is 10.4 Å². The third-order valence-electron chi connectivity index (χ3n) is 5.22. The van der Waals surface area contributed by atoms with Gasteiger partial charge in [0.05, 0.1) is 28.4 Å². The second-order valence-corrected chi connectivity index (χ2v) is 12.6. The molecule has 9 nitrogen and oxygen atoms in total. The highest BCUT2D eigenvalue weighted by atomic mass is 35.5. The summed E-state index contributed by atoms with van der Waals surface area (Å²) in [5.74, 6) is -0.486. The molecule has 0 aliphatic heterocycles. The number of hydrogen-bond donors (Lipinski definition) is 1. The summed E-state index contributed by atoms with van der Waals surface area (Å²) >= 11 is 12.1. The number of benzene rings is 3. The molecule has 0 heterocycles. The number of nitrogens with zero attached hydrogens (tertiary/aromatic N) is 2. The molecule has 0 saturated carbocycles. The van der Waals surface area contributed by atoms with Crippen LogP contribution < -0.4 is 14.4 Å². The quantitative estimate of drug-likeness (QED) is 0.430. The fourth-order valence-electron chi connectivity index (χ4n) is 3.13. The largest absolute Gasteiger partial charge is 0.495 e. The van der Waals surface area contributed by atoms with Crippen molar-refractivity contribution in [3.05, 3.63) is 76.3 Å². The van der Waals surface area contributed by atoms with Gasteiger partial charge in [0.2, 0.25) is 10.0 Å². The Labute approximate surface area is 220 Å². The number of methoxy groups -OCH3 is 1. The molecule has 0 radical (unpaired) electrons. The predicted molar refractivity (Wildman–Crippen MR) is 140 cm³/mol. The topological polar surface area (TPSA) is 113 Å². The van der Waals surface area contributed by atoms with Gasteiger partial charge >= 0.3 is 0 Å². The Hall–Kier alpha value is -2.83. The highest BCUT2D eigenvalue weighted by Crippen LogP contribution is 2.31. The fraction of sp³-hybridized carbons (Fsp3) is 0.174. The second-order valence-electron chi connectivity index (χ2n) is 7.70. The highest BCUT2D eigenvalue weighted by molar-refractivity contribution is 7.93. The minimum absolute atomic E-state index is 0.0228. The Morgan fingerprint density at radius 1 is 0.861 bits per heavy atom. The lowest BCUT2D eigenvalue weighted by Crippen LogP contribution is -2.27. The van der Waals surface area contributed by atoms with E-state index in [1.54, 1.807) is 12.1 Å². The predicted octanol–water partition coefficient (Wildman–Crippen LogP) is 4.33. The molecular weight excluding hydrogens is 549 g/mol. The van der Waals surface area contributed by atoms with Crippen LogP contribution in [0.25, 0.3) is 0 Å². The van der Waals surface area contributed by atoms with Crippen LogP contribution in [-0.4, -0.2) is 55.3 Å². The van der Waals surface area contributed by atoms with Crippen molar-refractivity contribution in [3.63, 3.8) is 0 Å². The Bertz CT molecular complexity index is 1510. The molecule has 3 rings (SSSR count). The van der Waals surface area contributed by atoms with Crippen molar-refractivity contribution in [2.75, 3.05) is 37.9 Å². The number of carbonyl (C=O) groups is 1. The van der Waals surface area contributed by atoms with Gasteiger partial charge in [0.25, 0.3) is 15.9 Å². The average Bonchev–Trinajstić information content (AvgIpc) is 2.83. The molecule has 1 amide bonds. The molecular formula is C23H23Cl2N3O6S2. The molecule has 0 atom stereocenters. The zero-order valence-corrected chi connectivity index (χ0v) is 22.8.